The first-order chi connectivity index (χ1) is 13.5. The van der Waals surface area contributed by atoms with Crippen LogP contribution in [0.4, 0.5) is 0 Å². The summed E-state index contributed by atoms with van der Waals surface area (Å²) in [5, 5.41) is 9.65. The topological polar surface area (TPSA) is 40.5 Å². The maximum atomic E-state index is 10.3. The molecule has 0 unspecified atom stereocenters. The lowest BCUT2D eigenvalue weighted by molar-refractivity contribution is -0.132. The van der Waals surface area contributed by atoms with Gasteiger partial charge in [-0.25, -0.2) is 4.79 Å². The zero-order valence-corrected chi connectivity index (χ0v) is 20.9. The molecule has 0 aliphatic rings. The molecule has 0 saturated heterocycles. The number of hydrogen-bond acceptors (Lipinski definition) is 2. The Hall–Kier alpha value is -0.350. The van der Waals surface area contributed by atoms with Gasteiger partial charge in [-0.3, -0.25) is 0 Å². The van der Waals surface area contributed by atoms with Gasteiger partial charge in [0.05, 0.1) is 0 Å². The number of halogens is 1. The van der Waals surface area contributed by atoms with Crippen molar-refractivity contribution >= 4 is 21.9 Å². The highest BCUT2D eigenvalue weighted by molar-refractivity contribution is 9.09. The second-order valence-electron chi connectivity index (χ2n) is 8.07. The minimum atomic E-state index is -0.830. The van der Waals surface area contributed by atoms with Gasteiger partial charge < -0.3 is 10.0 Å². The van der Waals surface area contributed by atoms with E-state index in [2.05, 4.69) is 22.9 Å². The number of aliphatic carboxylic acids is 1. The van der Waals surface area contributed by atoms with Crippen LogP contribution in [-0.4, -0.2) is 41.9 Å². The molecule has 1 N–H and O–H groups in total. The van der Waals surface area contributed by atoms with Crippen molar-refractivity contribution in [1.29, 1.82) is 0 Å². The molecule has 0 bridgehead atoms. The molecule has 0 rings (SSSR count). The van der Waals surface area contributed by atoms with Gasteiger partial charge >= 0.3 is 5.97 Å². The van der Waals surface area contributed by atoms with E-state index in [4.69, 9.17) is 5.11 Å². The Morgan fingerprint density at radius 2 is 1.21 bits per heavy atom. The molecule has 0 fully saturated rings. The maximum Gasteiger partial charge on any atom is 0.330 e. The third kappa shape index (κ3) is 27.9. The van der Waals surface area contributed by atoms with E-state index in [-0.39, 0.29) is 0 Å². The minimum Gasteiger partial charge on any atom is -0.478 e. The Morgan fingerprint density at radius 1 is 0.821 bits per heavy atom. The molecular formula is C24H48BrNO2. The molecule has 0 spiro atoms. The van der Waals surface area contributed by atoms with Crippen LogP contribution >= 0.6 is 15.9 Å². The SMILES string of the molecule is CC(=CCCN(C)C)C(=O)O.CCCCCCCCCCCCCCCCBr. The summed E-state index contributed by atoms with van der Waals surface area (Å²) < 4.78 is 0. The number of carbonyl (C=O) groups is 1. The minimum absolute atomic E-state index is 0.423. The molecule has 0 atom stereocenters. The second-order valence-corrected chi connectivity index (χ2v) is 8.86. The summed E-state index contributed by atoms with van der Waals surface area (Å²) in [5.74, 6) is -0.830. The van der Waals surface area contributed by atoms with Crippen molar-refractivity contribution in [2.45, 2.75) is 110 Å². The lowest BCUT2D eigenvalue weighted by Gasteiger charge is -2.05. The highest BCUT2D eigenvalue weighted by atomic mass is 79.9. The van der Waals surface area contributed by atoms with Crippen molar-refractivity contribution < 1.29 is 9.90 Å². The van der Waals surface area contributed by atoms with Crippen molar-refractivity contribution in [3.05, 3.63) is 11.6 Å². The van der Waals surface area contributed by atoms with Crippen LogP contribution in [0.3, 0.4) is 0 Å². The highest BCUT2D eigenvalue weighted by Gasteiger charge is 1.97. The molecular weight excluding hydrogens is 414 g/mol. The van der Waals surface area contributed by atoms with Crippen LogP contribution in [0.1, 0.15) is 110 Å². The first kappa shape index (κ1) is 29.8. The smallest absolute Gasteiger partial charge is 0.330 e. The highest BCUT2D eigenvalue weighted by Crippen LogP contribution is 2.13. The predicted molar refractivity (Wildman–Crippen MR) is 129 cm³/mol. The largest absolute Gasteiger partial charge is 0.478 e. The molecule has 0 aromatic heterocycles. The van der Waals surface area contributed by atoms with Crippen LogP contribution in [0.5, 0.6) is 0 Å². The molecule has 168 valence electrons. The predicted octanol–water partition coefficient (Wildman–Crippen LogP) is 7.83. The van der Waals surface area contributed by atoms with Gasteiger partial charge in [0.15, 0.2) is 0 Å². The number of alkyl halides is 1. The average molecular weight is 463 g/mol. The second kappa shape index (κ2) is 24.7. The van der Waals surface area contributed by atoms with E-state index >= 15 is 0 Å². The van der Waals surface area contributed by atoms with E-state index in [9.17, 15) is 4.79 Å². The molecule has 0 radical (unpaired) electrons. The summed E-state index contributed by atoms with van der Waals surface area (Å²) in [4.78, 5) is 12.3. The van der Waals surface area contributed by atoms with Gasteiger partial charge in [-0.2, -0.15) is 0 Å². The van der Waals surface area contributed by atoms with Gasteiger partial charge in [-0.15, -0.1) is 0 Å². The normalized spacial score (nSPS) is 11.4. The van der Waals surface area contributed by atoms with E-state index in [1.165, 1.54) is 95.2 Å². The summed E-state index contributed by atoms with van der Waals surface area (Å²) in [6.07, 6.45) is 22.8. The molecule has 0 saturated carbocycles. The average Bonchev–Trinajstić information content (AvgIpc) is 2.65. The van der Waals surface area contributed by atoms with E-state index < -0.39 is 5.97 Å². The summed E-state index contributed by atoms with van der Waals surface area (Å²) >= 11 is 3.48. The van der Waals surface area contributed by atoms with Gasteiger partial charge in [0.1, 0.15) is 0 Å². The Balaban J connectivity index is 0. The zero-order valence-electron chi connectivity index (χ0n) is 19.3. The standard InChI is InChI=1S/C16H33Br.C8H15NO2/c1-2-3-4-5-6-7-8-9-10-11-12-13-14-15-16-17;1-7(8(10)11)5-4-6-9(2)3/h2-16H2,1H3;5H,4,6H2,1-3H3,(H,10,11). The first-order valence-corrected chi connectivity index (χ1v) is 12.7. The van der Waals surface area contributed by atoms with Crippen molar-refractivity contribution in [3.63, 3.8) is 0 Å². The number of rotatable bonds is 18. The first-order valence-electron chi connectivity index (χ1n) is 11.6. The fourth-order valence-corrected chi connectivity index (χ4v) is 3.31. The number of carboxylic acids is 1. The van der Waals surface area contributed by atoms with Gasteiger partial charge in [0, 0.05) is 17.4 Å². The Labute approximate surface area is 184 Å². The molecule has 0 amide bonds. The fraction of sp³-hybridized carbons (Fsp3) is 0.875. The number of unbranched alkanes of at least 4 members (excludes halogenated alkanes) is 13. The van der Waals surface area contributed by atoms with Crippen LogP contribution in [0.2, 0.25) is 0 Å². The molecule has 4 heteroatoms. The lowest BCUT2D eigenvalue weighted by atomic mass is 10.0. The quantitative estimate of drug-likeness (QED) is 0.128. The third-order valence-electron chi connectivity index (χ3n) is 4.85. The van der Waals surface area contributed by atoms with Gasteiger partial charge in [-0.1, -0.05) is 112 Å². The van der Waals surface area contributed by atoms with E-state index in [0.717, 1.165) is 13.0 Å². The molecule has 0 heterocycles. The Kier molecular flexibility index (Phi) is 26.3. The molecule has 0 aliphatic heterocycles. The van der Waals surface area contributed by atoms with E-state index in [1.807, 2.05) is 19.0 Å². The molecule has 28 heavy (non-hydrogen) atoms. The Bertz CT molecular complexity index is 343. The molecule has 0 aliphatic carbocycles. The number of carboxylic acid groups (broad SMARTS) is 1. The van der Waals surface area contributed by atoms with Crippen LogP contribution in [0.15, 0.2) is 11.6 Å². The molecule has 0 aromatic carbocycles. The van der Waals surface area contributed by atoms with Crippen molar-refractivity contribution in [2.75, 3.05) is 26.0 Å². The number of hydrogen-bond donors (Lipinski definition) is 1. The summed E-state index contributed by atoms with van der Waals surface area (Å²) in [6.45, 7) is 4.79. The van der Waals surface area contributed by atoms with E-state index in [0.29, 0.717) is 5.57 Å². The summed E-state index contributed by atoms with van der Waals surface area (Å²) in [7, 11) is 3.92. The van der Waals surface area contributed by atoms with Crippen molar-refractivity contribution in [1.82, 2.24) is 4.90 Å². The van der Waals surface area contributed by atoms with Crippen LogP contribution in [-0.2, 0) is 4.79 Å². The van der Waals surface area contributed by atoms with Crippen molar-refractivity contribution in [2.24, 2.45) is 0 Å². The zero-order chi connectivity index (χ0) is 21.5. The van der Waals surface area contributed by atoms with Crippen molar-refractivity contribution in [3.8, 4) is 0 Å². The van der Waals surface area contributed by atoms with Crippen LogP contribution < -0.4 is 0 Å². The summed E-state index contributed by atoms with van der Waals surface area (Å²) in [5.41, 5.74) is 0.423. The molecule has 0 aromatic rings. The maximum absolute atomic E-state index is 10.3. The third-order valence-corrected chi connectivity index (χ3v) is 5.41. The summed E-state index contributed by atoms with van der Waals surface area (Å²) in [6, 6.07) is 0. The van der Waals surface area contributed by atoms with Crippen LogP contribution in [0, 0.1) is 0 Å². The molecule has 3 nitrogen and oxygen atoms in total. The fourth-order valence-electron chi connectivity index (χ4n) is 2.92. The van der Waals surface area contributed by atoms with Gasteiger partial charge in [-0.05, 0) is 33.9 Å². The lowest BCUT2D eigenvalue weighted by Crippen LogP contribution is -2.12. The van der Waals surface area contributed by atoms with E-state index in [1.54, 1.807) is 13.0 Å². The Morgan fingerprint density at radius 3 is 1.54 bits per heavy atom. The van der Waals surface area contributed by atoms with Crippen LogP contribution in [0.25, 0.3) is 0 Å². The van der Waals surface area contributed by atoms with Gasteiger partial charge in [0.25, 0.3) is 0 Å². The number of nitrogens with zero attached hydrogens (tertiary/aromatic N) is 1. The monoisotopic (exact) mass is 461 g/mol. The van der Waals surface area contributed by atoms with Gasteiger partial charge in [0.2, 0.25) is 0 Å².